The van der Waals surface area contributed by atoms with Crippen molar-refractivity contribution in [1.29, 1.82) is 0 Å². The maximum absolute atomic E-state index is 2.66. The van der Waals surface area contributed by atoms with E-state index in [0.29, 0.717) is 0 Å². The topological polar surface area (TPSA) is 6.48 Å². The lowest BCUT2D eigenvalue weighted by Crippen LogP contribution is -2.34. The minimum Gasteiger partial charge on any atom is -0.303 e. The molecule has 0 N–H and O–H groups in total. The molecule has 2 saturated heterocycles. The van der Waals surface area contributed by atoms with Gasteiger partial charge < -0.3 is 9.80 Å². The van der Waals surface area contributed by atoms with Gasteiger partial charge in [0.05, 0.1) is 0 Å². The molecular formula is C12H24N2. The molecule has 0 aromatic heterocycles. The van der Waals surface area contributed by atoms with Crippen LogP contribution in [-0.2, 0) is 0 Å². The van der Waals surface area contributed by atoms with Crippen LogP contribution in [0.3, 0.4) is 0 Å². The van der Waals surface area contributed by atoms with E-state index in [4.69, 9.17) is 0 Å². The van der Waals surface area contributed by atoms with Crippen LogP contribution in [0.4, 0.5) is 0 Å². The van der Waals surface area contributed by atoms with Gasteiger partial charge in [0.1, 0.15) is 0 Å². The number of likely N-dealkylation sites (tertiary alicyclic amines) is 2. The van der Waals surface area contributed by atoms with Gasteiger partial charge in [-0.3, -0.25) is 0 Å². The highest BCUT2D eigenvalue weighted by atomic mass is 15.2. The molecule has 0 spiro atoms. The van der Waals surface area contributed by atoms with Crippen LogP contribution in [0.25, 0.3) is 0 Å². The minimum atomic E-state index is 0.886. The summed E-state index contributed by atoms with van der Waals surface area (Å²) >= 11 is 0. The summed E-state index contributed by atoms with van der Waals surface area (Å²) in [5.41, 5.74) is 0. The summed E-state index contributed by atoms with van der Waals surface area (Å²) in [5.74, 6) is 0. The summed E-state index contributed by atoms with van der Waals surface area (Å²) in [6.07, 6.45) is 8.57. The van der Waals surface area contributed by atoms with Crippen molar-refractivity contribution in [2.24, 2.45) is 0 Å². The molecule has 0 bridgehead atoms. The van der Waals surface area contributed by atoms with E-state index < -0.39 is 0 Å². The molecule has 14 heavy (non-hydrogen) atoms. The Kier molecular flexibility index (Phi) is 3.82. The highest BCUT2D eigenvalue weighted by molar-refractivity contribution is 4.78. The Morgan fingerprint density at radius 2 is 1.79 bits per heavy atom. The van der Waals surface area contributed by atoms with Crippen LogP contribution in [0.5, 0.6) is 0 Å². The molecule has 0 aliphatic carbocycles. The van der Waals surface area contributed by atoms with Crippen LogP contribution in [0, 0.1) is 0 Å². The lowest BCUT2D eigenvalue weighted by Gasteiger charge is -2.28. The van der Waals surface area contributed by atoms with Gasteiger partial charge in [-0.05, 0) is 65.3 Å². The second-order valence-corrected chi connectivity index (χ2v) is 4.97. The number of hydrogen-bond acceptors (Lipinski definition) is 2. The fourth-order valence-corrected chi connectivity index (χ4v) is 2.86. The molecule has 0 amide bonds. The molecule has 1 unspecified atom stereocenters. The Morgan fingerprint density at radius 3 is 2.43 bits per heavy atom. The Balaban J connectivity index is 1.65. The first kappa shape index (κ1) is 10.4. The summed E-state index contributed by atoms with van der Waals surface area (Å²) in [7, 11) is 2.29. The van der Waals surface area contributed by atoms with Crippen molar-refractivity contribution in [3.63, 3.8) is 0 Å². The van der Waals surface area contributed by atoms with Gasteiger partial charge >= 0.3 is 0 Å². The molecule has 0 saturated carbocycles. The van der Waals surface area contributed by atoms with Crippen molar-refractivity contribution in [3.8, 4) is 0 Å². The zero-order valence-electron chi connectivity index (χ0n) is 9.54. The molecule has 0 aromatic rings. The van der Waals surface area contributed by atoms with E-state index in [1.165, 1.54) is 64.7 Å². The van der Waals surface area contributed by atoms with Gasteiger partial charge in [0.15, 0.2) is 0 Å². The molecule has 2 heteroatoms. The lowest BCUT2D eigenvalue weighted by atomic mass is 10.1. The second-order valence-electron chi connectivity index (χ2n) is 4.97. The number of piperidine rings is 1. The van der Waals surface area contributed by atoms with E-state index >= 15 is 0 Å². The van der Waals surface area contributed by atoms with Crippen LogP contribution < -0.4 is 0 Å². The average Bonchev–Trinajstić information content (AvgIpc) is 2.63. The maximum atomic E-state index is 2.66. The fourth-order valence-electron chi connectivity index (χ4n) is 2.86. The van der Waals surface area contributed by atoms with Crippen molar-refractivity contribution >= 4 is 0 Å². The van der Waals surface area contributed by atoms with Gasteiger partial charge in [-0.25, -0.2) is 0 Å². The number of rotatable bonds is 3. The highest BCUT2D eigenvalue weighted by Crippen LogP contribution is 2.19. The van der Waals surface area contributed by atoms with Gasteiger partial charge in [-0.15, -0.1) is 0 Å². The molecule has 2 heterocycles. The van der Waals surface area contributed by atoms with E-state index in [9.17, 15) is 0 Å². The predicted octanol–water partition coefficient (Wildman–Crippen LogP) is 1.96. The van der Waals surface area contributed by atoms with Gasteiger partial charge in [0, 0.05) is 6.04 Å². The van der Waals surface area contributed by atoms with Crippen LogP contribution in [0.2, 0.25) is 0 Å². The van der Waals surface area contributed by atoms with Gasteiger partial charge in [-0.1, -0.05) is 6.42 Å². The first-order valence-electron chi connectivity index (χ1n) is 6.29. The summed E-state index contributed by atoms with van der Waals surface area (Å²) in [6.45, 7) is 5.38. The van der Waals surface area contributed by atoms with Crippen molar-refractivity contribution in [2.45, 2.75) is 44.6 Å². The summed E-state index contributed by atoms with van der Waals surface area (Å²) in [6, 6.07) is 0.886. The first-order chi connectivity index (χ1) is 6.86. The summed E-state index contributed by atoms with van der Waals surface area (Å²) < 4.78 is 0. The maximum Gasteiger partial charge on any atom is 0.0105 e. The highest BCUT2D eigenvalue weighted by Gasteiger charge is 2.21. The van der Waals surface area contributed by atoms with E-state index in [0.717, 1.165) is 6.04 Å². The van der Waals surface area contributed by atoms with E-state index in [1.54, 1.807) is 0 Å². The quantitative estimate of drug-likeness (QED) is 0.681. The molecular weight excluding hydrogens is 172 g/mol. The zero-order chi connectivity index (χ0) is 9.80. The SMILES string of the molecule is CN1CCCC1CCN1CCCCC1. The fraction of sp³-hybridized carbons (Fsp3) is 1.00. The van der Waals surface area contributed by atoms with Crippen LogP contribution in [-0.4, -0.2) is 49.1 Å². The normalized spacial score (nSPS) is 31.1. The van der Waals surface area contributed by atoms with Crippen molar-refractivity contribution in [3.05, 3.63) is 0 Å². The molecule has 2 rings (SSSR count). The van der Waals surface area contributed by atoms with Crippen LogP contribution in [0.1, 0.15) is 38.5 Å². The summed E-state index contributed by atoms with van der Waals surface area (Å²) in [4.78, 5) is 5.21. The smallest absolute Gasteiger partial charge is 0.0105 e. The largest absolute Gasteiger partial charge is 0.303 e. The Morgan fingerprint density at radius 1 is 1.00 bits per heavy atom. The molecule has 2 fully saturated rings. The monoisotopic (exact) mass is 196 g/mol. The Hall–Kier alpha value is -0.0800. The Bertz CT molecular complexity index is 164. The molecule has 0 aromatic carbocycles. The van der Waals surface area contributed by atoms with E-state index in [1.807, 2.05) is 0 Å². The molecule has 2 aliphatic heterocycles. The standard InChI is InChI=1S/C12H24N2/c1-13-8-5-6-12(13)7-11-14-9-3-2-4-10-14/h12H,2-11H2,1H3. The molecule has 2 aliphatic rings. The molecule has 0 radical (unpaired) electrons. The lowest BCUT2D eigenvalue weighted by molar-refractivity contribution is 0.197. The van der Waals surface area contributed by atoms with Crippen molar-refractivity contribution in [2.75, 3.05) is 33.2 Å². The molecule has 2 nitrogen and oxygen atoms in total. The minimum absolute atomic E-state index is 0.886. The van der Waals surface area contributed by atoms with Gasteiger partial charge in [-0.2, -0.15) is 0 Å². The summed E-state index contributed by atoms with van der Waals surface area (Å²) in [5, 5.41) is 0. The second kappa shape index (κ2) is 5.13. The number of hydrogen-bond donors (Lipinski definition) is 0. The van der Waals surface area contributed by atoms with Crippen LogP contribution in [0.15, 0.2) is 0 Å². The number of nitrogens with zero attached hydrogens (tertiary/aromatic N) is 2. The molecule has 1 atom stereocenters. The van der Waals surface area contributed by atoms with Gasteiger partial charge in [0.2, 0.25) is 0 Å². The van der Waals surface area contributed by atoms with E-state index in [2.05, 4.69) is 16.8 Å². The Labute approximate surface area is 88.3 Å². The van der Waals surface area contributed by atoms with Crippen molar-refractivity contribution in [1.82, 2.24) is 9.80 Å². The third-order valence-corrected chi connectivity index (χ3v) is 3.90. The average molecular weight is 196 g/mol. The van der Waals surface area contributed by atoms with Crippen LogP contribution >= 0.6 is 0 Å². The molecule has 82 valence electrons. The third-order valence-electron chi connectivity index (χ3n) is 3.90. The predicted molar refractivity (Wildman–Crippen MR) is 60.6 cm³/mol. The van der Waals surface area contributed by atoms with Gasteiger partial charge in [0.25, 0.3) is 0 Å². The third kappa shape index (κ3) is 2.71. The zero-order valence-corrected chi connectivity index (χ0v) is 9.54. The first-order valence-corrected chi connectivity index (χ1v) is 6.29. The van der Waals surface area contributed by atoms with E-state index in [-0.39, 0.29) is 0 Å². The van der Waals surface area contributed by atoms with Crippen molar-refractivity contribution < 1.29 is 0 Å².